The fourth-order valence-corrected chi connectivity index (χ4v) is 0. The third kappa shape index (κ3) is 97.6. The topological polar surface area (TPSA) is 129 Å². The summed E-state index contributed by atoms with van der Waals surface area (Å²) in [6, 6.07) is 0. The number of rotatable bonds is 1. The van der Waals surface area contributed by atoms with Crippen LogP contribution in [0.25, 0.3) is 0 Å². The largest absolute Gasteiger partial charge is 0.394 e. The van der Waals surface area contributed by atoms with Crippen LogP contribution in [0.1, 0.15) is 14.4 Å². The van der Waals surface area contributed by atoms with Crippen molar-refractivity contribution in [3.8, 4) is 0 Å². The van der Waals surface area contributed by atoms with Crippen LogP contribution in [-0.2, 0) is 20.5 Å². The van der Waals surface area contributed by atoms with Gasteiger partial charge in [-0.15, -0.1) is 0 Å². The van der Waals surface area contributed by atoms with Crippen LogP contribution in [-0.4, -0.2) is 36.2 Å². The maximum atomic E-state index is 9.56. The van der Waals surface area contributed by atoms with Crippen LogP contribution in [0.5, 0.6) is 0 Å². The first-order valence-electron chi connectivity index (χ1n) is 2.21. The van der Waals surface area contributed by atoms with Crippen molar-refractivity contribution in [2.24, 2.45) is 0 Å². The predicted molar refractivity (Wildman–Crippen MR) is 43.0 cm³/mol. The normalized spacial score (nSPS) is 10.7. The fourth-order valence-electron chi connectivity index (χ4n) is 0. The molecule has 3 N–H and O–H groups in total. The van der Waals surface area contributed by atoms with Crippen molar-refractivity contribution >= 4 is 20.5 Å². The molecule has 78 valence electrons. The van der Waals surface area contributed by atoms with E-state index in [1.165, 1.54) is 6.92 Å². The van der Waals surface area contributed by atoms with Gasteiger partial charge in [0.05, 0.1) is 5.75 Å². The van der Waals surface area contributed by atoms with Crippen molar-refractivity contribution in [3.05, 3.63) is 0 Å². The smallest absolute Gasteiger partial charge is 0.286 e. The van der Waals surface area contributed by atoms with Crippen molar-refractivity contribution in [2.75, 3.05) is 5.75 Å². The molecule has 0 unspecified atom stereocenters. The molecule has 0 aromatic heterocycles. The molecule has 0 heterocycles. The molecular formula is C3H12O7S2. The minimum Gasteiger partial charge on any atom is -0.286 e. The Hall–Kier alpha value is -0.220. The van der Waals surface area contributed by atoms with E-state index in [-0.39, 0.29) is 13.2 Å². The average Bonchev–Trinajstić information content (AvgIpc) is 1.59. The van der Waals surface area contributed by atoms with Gasteiger partial charge >= 0.3 is 10.4 Å². The molecule has 7 nitrogen and oxygen atoms in total. The Labute approximate surface area is 71.7 Å². The zero-order chi connectivity index (χ0) is 9.71. The molecule has 9 heteroatoms. The summed E-state index contributed by atoms with van der Waals surface area (Å²) in [6.45, 7) is 1.37. The molecule has 0 spiro atoms. The molecule has 0 amide bonds. The molecule has 0 rings (SSSR count). The van der Waals surface area contributed by atoms with Gasteiger partial charge in [-0.2, -0.15) is 16.8 Å². The third-order valence-corrected chi connectivity index (χ3v) is 1.09. The summed E-state index contributed by atoms with van der Waals surface area (Å²) in [4.78, 5) is 0. The van der Waals surface area contributed by atoms with Gasteiger partial charge in [0.15, 0.2) is 0 Å². The summed E-state index contributed by atoms with van der Waals surface area (Å²) in [7, 11) is -8.33. The van der Waals surface area contributed by atoms with Gasteiger partial charge in [-0.3, -0.25) is 13.7 Å². The van der Waals surface area contributed by atoms with Crippen LogP contribution < -0.4 is 0 Å². The van der Waals surface area contributed by atoms with Crippen LogP contribution in [0.2, 0.25) is 0 Å². The first kappa shape index (κ1) is 17.8. The second kappa shape index (κ2) is 6.31. The van der Waals surface area contributed by atoms with Crippen molar-refractivity contribution < 1.29 is 30.5 Å². The lowest BCUT2D eigenvalue weighted by atomic mass is 11.0. The maximum Gasteiger partial charge on any atom is 0.394 e. The highest BCUT2D eigenvalue weighted by Gasteiger charge is 1.93. The van der Waals surface area contributed by atoms with Gasteiger partial charge in [0.25, 0.3) is 10.1 Å². The average molecular weight is 224 g/mol. The molecule has 0 aliphatic heterocycles. The van der Waals surface area contributed by atoms with E-state index in [0.29, 0.717) is 0 Å². The molecule has 0 aliphatic rings. The van der Waals surface area contributed by atoms with E-state index in [4.69, 9.17) is 22.1 Å². The second-order valence-corrected chi connectivity index (χ2v) is 3.96. The minimum atomic E-state index is -4.67. The minimum absolute atomic E-state index is 0. The maximum absolute atomic E-state index is 9.56. The van der Waals surface area contributed by atoms with Crippen molar-refractivity contribution in [1.82, 2.24) is 0 Å². The second-order valence-electron chi connectivity index (χ2n) is 1.32. The molecule has 0 aromatic carbocycles. The molecule has 0 saturated heterocycles. The highest BCUT2D eigenvalue weighted by molar-refractivity contribution is 7.85. The quantitative estimate of drug-likeness (QED) is 0.529. The van der Waals surface area contributed by atoms with Gasteiger partial charge in [-0.25, -0.2) is 0 Å². The Morgan fingerprint density at radius 2 is 1.08 bits per heavy atom. The Kier molecular flexibility index (Phi) is 9.34. The van der Waals surface area contributed by atoms with Gasteiger partial charge in [-0.05, 0) is 6.92 Å². The van der Waals surface area contributed by atoms with E-state index in [0.717, 1.165) is 0 Å². The molecule has 0 fully saturated rings. The molecule has 0 bridgehead atoms. The summed E-state index contributed by atoms with van der Waals surface area (Å²) in [5, 5.41) is 0. The third-order valence-electron chi connectivity index (χ3n) is 0.365. The van der Waals surface area contributed by atoms with Crippen LogP contribution in [0.15, 0.2) is 0 Å². The molecule has 12 heavy (non-hydrogen) atoms. The fraction of sp³-hybridized carbons (Fsp3) is 1.00. The molecule has 0 aliphatic carbocycles. The summed E-state index contributed by atoms with van der Waals surface area (Å²) in [5.41, 5.74) is 0. The van der Waals surface area contributed by atoms with E-state index in [2.05, 4.69) is 0 Å². The lowest BCUT2D eigenvalue weighted by molar-refractivity contribution is 0.381. The van der Waals surface area contributed by atoms with Crippen LogP contribution >= 0.6 is 0 Å². The zero-order valence-electron chi connectivity index (χ0n) is 5.50. The Morgan fingerprint density at radius 1 is 1.00 bits per heavy atom. The van der Waals surface area contributed by atoms with Gasteiger partial charge in [0, 0.05) is 0 Å². The molecule has 0 saturated carbocycles. The summed E-state index contributed by atoms with van der Waals surface area (Å²) < 4.78 is 58.5. The van der Waals surface area contributed by atoms with E-state index >= 15 is 0 Å². The molecule has 0 atom stereocenters. The van der Waals surface area contributed by atoms with Gasteiger partial charge in [0.2, 0.25) is 0 Å². The Bertz CT molecular complexity index is 264. The van der Waals surface area contributed by atoms with E-state index in [9.17, 15) is 8.42 Å². The number of hydrogen-bond acceptors (Lipinski definition) is 4. The van der Waals surface area contributed by atoms with Crippen LogP contribution in [0.4, 0.5) is 0 Å². The predicted octanol–water partition coefficient (Wildman–Crippen LogP) is -0.123. The van der Waals surface area contributed by atoms with Crippen LogP contribution in [0.3, 0.4) is 0 Å². The highest BCUT2D eigenvalue weighted by atomic mass is 32.3. The lowest BCUT2D eigenvalue weighted by Crippen LogP contribution is -1.97. The first-order valence-corrected chi connectivity index (χ1v) is 5.22. The lowest BCUT2D eigenvalue weighted by Gasteiger charge is -1.79. The number of hydrogen-bond donors (Lipinski definition) is 3. The van der Waals surface area contributed by atoms with E-state index in [1.807, 2.05) is 0 Å². The standard InChI is InChI=1S/C2H6O3S.CH4.H2O4S/c1-2-6(3,4)5;;1-5(2,3)4/h2H2,1H3,(H,3,4,5);1H4;(H2,1,2,3,4). The van der Waals surface area contributed by atoms with Gasteiger partial charge in [0.1, 0.15) is 0 Å². The van der Waals surface area contributed by atoms with Crippen molar-refractivity contribution in [2.45, 2.75) is 14.4 Å². The SMILES string of the molecule is C.CCS(=O)(=O)O.O=S(=O)(O)O. The molecular weight excluding hydrogens is 212 g/mol. The zero-order valence-corrected chi connectivity index (χ0v) is 7.13. The Balaban J connectivity index is -0.000000126. The van der Waals surface area contributed by atoms with Crippen molar-refractivity contribution in [1.29, 1.82) is 0 Å². The summed E-state index contributed by atoms with van der Waals surface area (Å²) >= 11 is 0. The van der Waals surface area contributed by atoms with Gasteiger partial charge < -0.3 is 0 Å². The van der Waals surface area contributed by atoms with Crippen LogP contribution in [0, 0.1) is 0 Å². The molecule has 0 aromatic rings. The highest BCUT2D eigenvalue weighted by Crippen LogP contribution is 1.74. The molecule has 0 radical (unpaired) electrons. The summed E-state index contributed by atoms with van der Waals surface area (Å²) in [5.74, 6) is -0.201. The van der Waals surface area contributed by atoms with E-state index in [1.54, 1.807) is 0 Å². The summed E-state index contributed by atoms with van der Waals surface area (Å²) in [6.07, 6.45) is 0. The van der Waals surface area contributed by atoms with Gasteiger partial charge in [-0.1, -0.05) is 7.43 Å². The monoisotopic (exact) mass is 224 g/mol. The first-order chi connectivity index (χ1) is 4.56. The van der Waals surface area contributed by atoms with E-state index < -0.39 is 20.5 Å². The Morgan fingerprint density at radius 3 is 1.08 bits per heavy atom. The van der Waals surface area contributed by atoms with Crippen molar-refractivity contribution in [3.63, 3.8) is 0 Å².